The average molecular weight is 426 g/mol. The van der Waals surface area contributed by atoms with Crippen molar-refractivity contribution in [3.63, 3.8) is 0 Å². The Bertz CT molecular complexity index is 1110. The molecule has 0 bridgehead atoms. The number of hydrogen-bond donors (Lipinski definition) is 1. The number of nitrogens with one attached hydrogen (secondary N) is 1. The summed E-state index contributed by atoms with van der Waals surface area (Å²) >= 11 is 0. The molecular weight excluding hydrogens is 402 g/mol. The molecule has 2 heterocycles. The number of hydrogen-bond acceptors (Lipinski definition) is 4. The molecule has 0 saturated carbocycles. The first kappa shape index (κ1) is 20.2. The maximum absolute atomic E-state index is 13.1. The van der Waals surface area contributed by atoms with Crippen LogP contribution in [0.1, 0.15) is 23.1 Å². The Hall–Kier alpha value is -3.13. The van der Waals surface area contributed by atoms with Crippen molar-refractivity contribution in [2.75, 3.05) is 6.54 Å². The number of aryl methyl sites for hydroxylation is 1. The fraction of sp³-hybridized carbons (Fsp3) is 0.273. The third-order valence-electron chi connectivity index (χ3n) is 5.50. The quantitative estimate of drug-likeness (QED) is 0.811. The van der Waals surface area contributed by atoms with E-state index < -0.39 is 22.0 Å². The van der Waals surface area contributed by atoms with Crippen LogP contribution in [0.5, 0.6) is 0 Å². The molecule has 0 aromatic heterocycles. The predicted molar refractivity (Wildman–Crippen MR) is 111 cm³/mol. The topological polar surface area (TPSA) is 86.8 Å². The van der Waals surface area contributed by atoms with Gasteiger partial charge in [-0.2, -0.15) is 0 Å². The molecule has 0 unspecified atom stereocenters. The lowest BCUT2D eigenvalue weighted by Gasteiger charge is -2.34. The maximum Gasteiger partial charge on any atom is 0.264 e. The summed E-state index contributed by atoms with van der Waals surface area (Å²) in [5.41, 5.74) is 3.22. The van der Waals surface area contributed by atoms with Gasteiger partial charge in [-0.05, 0) is 36.6 Å². The summed E-state index contributed by atoms with van der Waals surface area (Å²) in [7, 11) is -3.97. The van der Waals surface area contributed by atoms with E-state index in [0.29, 0.717) is 13.1 Å². The van der Waals surface area contributed by atoms with Crippen molar-refractivity contribution in [2.45, 2.75) is 37.2 Å². The zero-order chi connectivity index (χ0) is 21.3. The lowest BCUT2D eigenvalue weighted by Crippen LogP contribution is -2.51. The lowest BCUT2D eigenvalue weighted by molar-refractivity contribution is -0.136. The summed E-state index contributed by atoms with van der Waals surface area (Å²) in [5.74, 6) is -0.761. The highest BCUT2D eigenvalue weighted by Gasteiger charge is 2.38. The van der Waals surface area contributed by atoms with E-state index in [-0.39, 0.29) is 17.2 Å². The summed E-state index contributed by atoms with van der Waals surface area (Å²) < 4.78 is 27.3. The minimum absolute atomic E-state index is 0.0804. The molecule has 0 fully saturated rings. The Labute approximate surface area is 176 Å². The van der Waals surface area contributed by atoms with E-state index in [1.54, 1.807) is 17.0 Å². The summed E-state index contributed by atoms with van der Waals surface area (Å²) in [4.78, 5) is 27.3. The molecule has 2 aromatic carbocycles. The molecule has 4 rings (SSSR count). The minimum Gasteiger partial charge on any atom is -0.338 e. The smallest absolute Gasteiger partial charge is 0.264 e. The molecule has 7 nitrogen and oxygen atoms in total. The first-order valence-corrected chi connectivity index (χ1v) is 11.2. The van der Waals surface area contributed by atoms with Gasteiger partial charge in [0.15, 0.2) is 0 Å². The van der Waals surface area contributed by atoms with Gasteiger partial charge in [0.2, 0.25) is 11.8 Å². The SMILES string of the molecule is Cc1ccc(S(=O)(=O)N2C=CNC(=O)[C@H]2CC(=O)N2CCc3ccccc3C2)cc1. The van der Waals surface area contributed by atoms with Crippen LogP contribution in [0.2, 0.25) is 0 Å². The van der Waals surface area contributed by atoms with Gasteiger partial charge in [0.25, 0.3) is 10.0 Å². The zero-order valence-electron chi connectivity index (χ0n) is 16.6. The molecule has 1 atom stereocenters. The van der Waals surface area contributed by atoms with Crippen LogP contribution >= 0.6 is 0 Å². The average Bonchev–Trinajstić information content (AvgIpc) is 2.75. The Morgan fingerprint density at radius 2 is 1.80 bits per heavy atom. The molecule has 2 aromatic rings. The van der Waals surface area contributed by atoms with Crippen molar-refractivity contribution in [2.24, 2.45) is 0 Å². The van der Waals surface area contributed by atoms with Gasteiger partial charge in [-0.3, -0.25) is 13.9 Å². The number of carbonyl (C=O) groups is 2. The van der Waals surface area contributed by atoms with Gasteiger partial charge in [0.1, 0.15) is 6.04 Å². The van der Waals surface area contributed by atoms with E-state index in [0.717, 1.165) is 21.9 Å². The van der Waals surface area contributed by atoms with Gasteiger partial charge in [0.05, 0.1) is 11.3 Å². The van der Waals surface area contributed by atoms with Crippen LogP contribution in [0, 0.1) is 6.92 Å². The van der Waals surface area contributed by atoms with Crippen LogP contribution in [-0.2, 0) is 32.6 Å². The summed E-state index contributed by atoms with van der Waals surface area (Å²) in [5, 5.41) is 2.52. The van der Waals surface area contributed by atoms with Gasteiger partial charge in [0, 0.05) is 25.5 Å². The van der Waals surface area contributed by atoms with Gasteiger partial charge in [-0.1, -0.05) is 42.0 Å². The Morgan fingerprint density at radius 1 is 1.10 bits per heavy atom. The number of fused-ring (bicyclic) bond motifs is 1. The van der Waals surface area contributed by atoms with Crippen molar-refractivity contribution < 1.29 is 18.0 Å². The number of carbonyl (C=O) groups excluding carboxylic acids is 2. The molecular formula is C22H23N3O4S. The molecule has 0 radical (unpaired) electrons. The second-order valence-corrected chi connectivity index (χ2v) is 9.37. The monoisotopic (exact) mass is 425 g/mol. The standard InChI is InChI=1S/C22H23N3O4S/c1-16-6-8-19(9-7-16)30(28,29)25-13-11-23-22(27)20(25)14-21(26)24-12-10-17-4-2-3-5-18(17)15-24/h2-9,11,13,20H,10,12,14-15H2,1H3,(H,23,27)/t20-/m1/s1. The van der Waals surface area contributed by atoms with Gasteiger partial charge in [-0.25, -0.2) is 8.42 Å². The van der Waals surface area contributed by atoms with E-state index in [1.165, 1.54) is 30.1 Å². The van der Waals surface area contributed by atoms with Crippen molar-refractivity contribution in [1.29, 1.82) is 0 Å². The molecule has 2 aliphatic rings. The van der Waals surface area contributed by atoms with Crippen LogP contribution in [0.25, 0.3) is 0 Å². The largest absolute Gasteiger partial charge is 0.338 e. The molecule has 30 heavy (non-hydrogen) atoms. The molecule has 0 spiro atoms. The first-order valence-electron chi connectivity index (χ1n) is 9.78. The van der Waals surface area contributed by atoms with Crippen LogP contribution in [-0.4, -0.2) is 42.0 Å². The molecule has 8 heteroatoms. The first-order chi connectivity index (χ1) is 14.4. The summed E-state index contributed by atoms with van der Waals surface area (Å²) in [6.45, 7) is 2.87. The number of benzene rings is 2. The Morgan fingerprint density at radius 3 is 2.53 bits per heavy atom. The van der Waals surface area contributed by atoms with E-state index in [9.17, 15) is 18.0 Å². The second kappa shape index (κ2) is 7.95. The third-order valence-corrected chi connectivity index (χ3v) is 7.30. The fourth-order valence-corrected chi connectivity index (χ4v) is 5.22. The number of sulfonamides is 1. The fourth-order valence-electron chi connectivity index (χ4n) is 3.77. The number of amides is 2. The zero-order valence-corrected chi connectivity index (χ0v) is 17.4. The summed E-state index contributed by atoms with van der Waals surface area (Å²) in [6.07, 6.45) is 3.11. The molecule has 156 valence electrons. The second-order valence-electron chi connectivity index (χ2n) is 7.53. The van der Waals surface area contributed by atoms with Crippen molar-refractivity contribution >= 4 is 21.8 Å². The highest BCUT2D eigenvalue weighted by atomic mass is 32.2. The third kappa shape index (κ3) is 3.82. The van der Waals surface area contributed by atoms with Gasteiger partial charge < -0.3 is 10.2 Å². The maximum atomic E-state index is 13.1. The Kier molecular flexibility index (Phi) is 5.34. The van der Waals surface area contributed by atoms with Crippen LogP contribution in [0.3, 0.4) is 0 Å². The van der Waals surface area contributed by atoms with Crippen LogP contribution in [0.4, 0.5) is 0 Å². The van der Waals surface area contributed by atoms with E-state index in [2.05, 4.69) is 5.32 Å². The molecule has 1 N–H and O–H groups in total. The molecule has 2 amide bonds. The number of rotatable bonds is 4. The highest BCUT2D eigenvalue weighted by Crippen LogP contribution is 2.25. The van der Waals surface area contributed by atoms with E-state index in [4.69, 9.17) is 0 Å². The van der Waals surface area contributed by atoms with Crippen molar-refractivity contribution in [3.8, 4) is 0 Å². The molecule has 2 aliphatic heterocycles. The van der Waals surface area contributed by atoms with Crippen molar-refractivity contribution in [1.82, 2.24) is 14.5 Å². The molecule has 0 aliphatic carbocycles. The highest BCUT2D eigenvalue weighted by molar-refractivity contribution is 7.89. The van der Waals surface area contributed by atoms with E-state index in [1.807, 2.05) is 31.2 Å². The van der Waals surface area contributed by atoms with E-state index >= 15 is 0 Å². The number of nitrogens with zero attached hydrogens (tertiary/aromatic N) is 2. The van der Waals surface area contributed by atoms with Crippen molar-refractivity contribution in [3.05, 3.63) is 77.6 Å². The van der Waals surface area contributed by atoms with Crippen LogP contribution < -0.4 is 5.32 Å². The predicted octanol–water partition coefficient (Wildman–Crippen LogP) is 1.93. The lowest BCUT2D eigenvalue weighted by atomic mass is 9.99. The molecule has 0 saturated heterocycles. The van der Waals surface area contributed by atoms with Gasteiger partial charge >= 0.3 is 0 Å². The minimum atomic E-state index is -3.97. The Balaban J connectivity index is 1.56. The summed E-state index contributed by atoms with van der Waals surface area (Å²) in [6, 6.07) is 13.2. The van der Waals surface area contributed by atoms with Gasteiger partial charge in [-0.15, -0.1) is 0 Å². The normalized spacial score (nSPS) is 18.7. The van der Waals surface area contributed by atoms with Crippen LogP contribution in [0.15, 0.2) is 65.8 Å².